The third-order valence-electron chi connectivity index (χ3n) is 3.61. The molecule has 0 atom stereocenters. The van der Waals surface area contributed by atoms with Crippen molar-refractivity contribution in [2.24, 2.45) is 0 Å². The van der Waals surface area contributed by atoms with Crippen LogP contribution in [0.3, 0.4) is 0 Å². The molecule has 1 rings (SSSR count). The molecule has 0 spiro atoms. The van der Waals surface area contributed by atoms with Crippen molar-refractivity contribution in [1.29, 1.82) is 0 Å². The Morgan fingerprint density at radius 1 is 1.38 bits per heavy atom. The smallest absolute Gasteiger partial charge is 0.257 e. The van der Waals surface area contributed by atoms with Gasteiger partial charge in [0.15, 0.2) is 0 Å². The number of hydrogen-bond donors (Lipinski definition) is 2. The second-order valence-corrected chi connectivity index (χ2v) is 5.46. The molecule has 0 unspecified atom stereocenters. The van der Waals surface area contributed by atoms with Gasteiger partial charge in [0, 0.05) is 18.3 Å². The number of nitrogen functional groups attached to an aromatic ring is 1. The van der Waals surface area contributed by atoms with E-state index in [0.29, 0.717) is 29.6 Å². The van der Waals surface area contributed by atoms with Gasteiger partial charge in [0.25, 0.3) is 5.91 Å². The van der Waals surface area contributed by atoms with E-state index in [9.17, 15) is 4.79 Å². The van der Waals surface area contributed by atoms with Gasteiger partial charge >= 0.3 is 0 Å². The standard InChI is InChI=1S/C16H27N3O2/c1-12(2)19(3)11-6-5-10-18-16(20)15-13(17)8-7-9-14(15)21-4/h7-9,12H,5-6,10-11,17H2,1-4H3,(H,18,20). The summed E-state index contributed by atoms with van der Waals surface area (Å²) in [5, 5.41) is 2.90. The number of carbonyl (C=O) groups excluding carboxylic acids is 1. The minimum absolute atomic E-state index is 0.179. The zero-order valence-electron chi connectivity index (χ0n) is 13.5. The average Bonchev–Trinajstić information content (AvgIpc) is 2.45. The molecule has 0 aliphatic heterocycles. The van der Waals surface area contributed by atoms with Crippen LogP contribution in [0.1, 0.15) is 37.0 Å². The fourth-order valence-electron chi connectivity index (χ4n) is 2.00. The summed E-state index contributed by atoms with van der Waals surface area (Å²) in [6, 6.07) is 5.76. The molecule has 0 saturated carbocycles. The van der Waals surface area contributed by atoms with Crippen LogP contribution in [0.15, 0.2) is 18.2 Å². The Hall–Kier alpha value is -1.75. The average molecular weight is 293 g/mol. The van der Waals surface area contributed by atoms with Crippen molar-refractivity contribution in [2.75, 3.05) is 33.0 Å². The van der Waals surface area contributed by atoms with Gasteiger partial charge < -0.3 is 20.7 Å². The first kappa shape index (κ1) is 17.3. The number of unbranched alkanes of at least 4 members (excludes halogenated alkanes) is 1. The summed E-state index contributed by atoms with van der Waals surface area (Å²) < 4.78 is 5.19. The van der Waals surface area contributed by atoms with E-state index in [1.807, 2.05) is 0 Å². The molecule has 0 aliphatic carbocycles. The lowest BCUT2D eigenvalue weighted by atomic mass is 10.1. The van der Waals surface area contributed by atoms with Gasteiger partial charge in [-0.15, -0.1) is 0 Å². The van der Waals surface area contributed by atoms with Crippen LogP contribution in [0.5, 0.6) is 5.75 Å². The van der Waals surface area contributed by atoms with Crippen molar-refractivity contribution in [3.8, 4) is 5.75 Å². The molecule has 0 heterocycles. The summed E-state index contributed by atoms with van der Waals surface area (Å²) in [4.78, 5) is 14.5. The molecule has 3 N–H and O–H groups in total. The molecule has 0 aliphatic rings. The van der Waals surface area contributed by atoms with Crippen molar-refractivity contribution in [3.63, 3.8) is 0 Å². The second kappa shape index (κ2) is 8.52. The lowest BCUT2D eigenvalue weighted by molar-refractivity contribution is 0.0950. The first-order valence-corrected chi connectivity index (χ1v) is 7.38. The van der Waals surface area contributed by atoms with E-state index in [2.05, 4.69) is 31.1 Å². The first-order chi connectivity index (χ1) is 9.97. The molecule has 118 valence electrons. The summed E-state index contributed by atoms with van der Waals surface area (Å²) in [7, 11) is 3.64. The van der Waals surface area contributed by atoms with E-state index in [1.165, 1.54) is 7.11 Å². The molecule has 0 saturated heterocycles. The van der Waals surface area contributed by atoms with Gasteiger partial charge in [-0.3, -0.25) is 4.79 Å². The number of rotatable bonds is 8. The second-order valence-electron chi connectivity index (χ2n) is 5.46. The van der Waals surface area contributed by atoms with Crippen LogP contribution in [-0.2, 0) is 0 Å². The third-order valence-corrected chi connectivity index (χ3v) is 3.61. The van der Waals surface area contributed by atoms with Crippen molar-refractivity contribution in [3.05, 3.63) is 23.8 Å². The maximum atomic E-state index is 12.2. The number of benzene rings is 1. The van der Waals surface area contributed by atoms with E-state index in [0.717, 1.165) is 19.4 Å². The topological polar surface area (TPSA) is 67.6 Å². The molecule has 5 nitrogen and oxygen atoms in total. The number of carbonyl (C=O) groups is 1. The quantitative estimate of drug-likeness (QED) is 0.569. The Morgan fingerprint density at radius 2 is 2.10 bits per heavy atom. The van der Waals surface area contributed by atoms with Gasteiger partial charge in [-0.1, -0.05) is 6.07 Å². The predicted octanol–water partition coefficient (Wildman–Crippen LogP) is 2.13. The predicted molar refractivity (Wildman–Crippen MR) is 86.7 cm³/mol. The monoisotopic (exact) mass is 293 g/mol. The van der Waals surface area contributed by atoms with Crippen LogP contribution >= 0.6 is 0 Å². The molecule has 0 fully saturated rings. The number of nitrogens with two attached hydrogens (primary N) is 1. The number of methoxy groups -OCH3 is 1. The van der Waals surface area contributed by atoms with Crippen molar-refractivity contribution >= 4 is 11.6 Å². The lowest BCUT2D eigenvalue weighted by Crippen LogP contribution is -2.29. The highest BCUT2D eigenvalue weighted by atomic mass is 16.5. The van der Waals surface area contributed by atoms with E-state index in [1.54, 1.807) is 18.2 Å². The fourth-order valence-corrected chi connectivity index (χ4v) is 2.00. The molecule has 21 heavy (non-hydrogen) atoms. The van der Waals surface area contributed by atoms with Crippen molar-refractivity contribution in [2.45, 2.75) is 32.7 Å². The van der Waals surface area contributed by atoms with Crippen LogP contribution in [0.2, 0.25) is 0 Å². The molecule has 5 heteroatoms. The van der Waals surface area contributed by atoms with Gasteiger partial charge in [0.1, 0.15) is 11.3 Å². The van der Waals surface area contributed by atoms with Gasteiger partial charge in [0.2, 0.25) is 0 Å². The zero-order valence-corrected chi connectivity index (χ0v) is 13.5. The minimum atomic E-state index is -0.179. The maximum absolute atomic E-state index is 12.2. The Morgan fingerprint density at radius 3 is 2.71 bits per heavy atom. The number of ether oxygens (including phenoxy) is 1. The van der Waals surface area contributed by atoms with E-state index in [-0.39, 0.29) is 5.91 Å². The number of hydrogen-bond acceptors (Lipinski definition) is 4. The Bertz CT molecular complexity index is 461. The molecule has 0 radical (unpaired) electrons. The van der Waals surface area contributed by atoms with E-state index in [4.69, 9.17) is 10.5 Å². The third kappa shape index (κ3) is 5.27. The van der Waals surface area contributed by atoms with E-state index >= 15 is 0 Å². The summed E-state index contributed by atoms with van der Waals surface area (Å²) in [6.07, 6.45) is 1.99. The van der Waals surface area contributed by atoms with Gasteiger partial charge in [-0.25, -0.2) is 0 Å². The molecule has 1 aromatic carbocycles. The lowest BCUT2D eigenvalue weighted by Gasteiger charge is -2.20. The summed E-state index contributed by atoms with van der Waals surface area (Å²) >= 11 is 0. The highest BCUT2D eigenvalue weighted by molar-refractivity contribution is 6.01. The summed E-state index contributed by atoms with van der Waals surface area (Å²) in [5.41, 5.74) is 6.71. The zero-order chi connectivity index (χ0) is 15.8. The molecular formula is C16H27N3O2. The Kier molecular flexibility index (Phi) is 7.02. The van der Waals surface area contributed by atoms with Crippen LogP contribution in [0.4, 0.5) is 5.69 Å². The van der Waals surface area contributed by atoms with Crippen LogP contribution in [0.25, 0.3) is 0 Å². The number of nitrogens with zero attached hydrogens (tertiary/aromatic N) is 1. The Balaban J connectivity index is 2.41. The van der Waals surface area contributed by atoms with Gasteiger partial charge in [0.05, 0.1) is 7.11 Å². The summed E-state index contributed by atoms with van der Waals surface area (Å²) in [6.45, 7) is 6.02. The fraction of sp³-hybridized carbons (Fsp3) is 0.562. The van der Waals surface area contributed by atoms with Gasteiger partial charge in [-0.2, -0.15) is 0 Å². The molecule has 0 bridgehead atoms. The highest BCUT2D eigenvalue weighted by Crippen LogP contribution is 2.23. The van der Waals surface area contributed by atoms with Crippen LogP contribution in [0, 0.1) is 0 Å². The molecule has 1 amide bonds. The van der Waals surface area contributed by atoms with Crippen LogP contribution < -0.4 is 15.8 Å². The number of nitrogens with one attached hydrogen (secondary N) is 1. The maximum Gasteiger partial charge on any atom is 0.257 e. The van der Waals surface area contributed by atoms with Crippen molar-refractivity contribution < 1.29 is 9.53 Å². The first-order valence-electron chi connectivity index (χ1n) is 7.38. The normalized spacial score (nSPS) is 11.0. The van der Waals surface area contributed by atoms with Gasteiger partial charge in [-0.05, 0) is 52.4 Å². The SMILES string of the molecule is COc1cccc(N)c1C(=O)NCCCCN(C)C(C)C. The van der Waals surface area contributed by atoms with Crippen molar-refractivity contribution in [1.82, 2.24) is 10.2 Å². The van der Waals surface area contributed by atoms with Crippen LogP contribution in [-0.4, -0.2) is 44.1 Å². The molecule has 0 aromatic heterocycles. The minimum Gasteiger partial charge on any atom is -0.496 e. The van der Waals surface area contributed by atoms with E-state index < -0.39 is 0 Å². The molecular weight excluding hydrogens is 266 g/mol. The number of amides is 1. The molecule has 1 aromatic rings. The largest absolute Gasteiger partial charge is 0.496 e. The highest BCUT2D eigenvalue weighted by Gasteiger charge is 2.14. The Labute approximate surface area is 127 Å². The summed E-state index contributed by atoms with van der Waals surface area (Å²) in [5.74, 6) is 0.328. The number of anilines is 1.